The molecule has 1 aromatic heterocycles. The van der Waals surface area contributed by atoms with Gasteiger partial charge >= 0.3 is 0 Å². The molecule has 0 bridgehead atoms. The standard InChI is InChI=1S/C20H20N2O/c23-20(18-11-6-12-21-18)16-13-19(14-7-2-1-3-8-14)22-17-10-5-4-9-15(16)17/h1-5,7-10,13,18,20-21,23H,6,11-12H2. The van der Waals surface area contributed by atoms with Gasteiger partial charge in [0.05, 0.1) is 17.3 Å². The Morgan fingerprint density at radius 2 is 1.83 bits per heavy atom. The van der Waals surface area contributed by atoms with Crippen molar-refractivity contribution >= 4 is 10.9 Å². The molecular weight excluding hydrogens is 284 g/mol. The number of aliphatic hydroxyl groups excluding tert-OH is 1. The number of nitrogens with one attached hydrogen (secondary N) is 1. The first-order valence-electron chi connectivity index (χ1n) is 8.19. The third-order valence-electron chi connectivity index (χ3n) is 4.62. The zero-order chi connectivity index (χ0) is 15.6. The largest absolute Gasteiger partial charge is 0.387 e. The lowest BCUT2D eigenvalue weighted by molar-refractivity contribution is 0.139. The number of nitrogens with zero attached hydrogens (tertiary/aromatic N) is 1. The van der Waals surface area contributed by atoms with E-state index in [2.05, 4.69) is 17.4 Å². The van der Waals surface area contributed by atoms with Crippen molar-refractivity contribution in [1.29, 1.82) is 0 Å². The molecule has 3 nitrogen and oxygen atoms in total. The molecule has 0 spiro atoms. The molecule has 2 heterocycles. The van der Waals surface area contributed by atoms with Gasteiger partial charge in [-0.25, -0.2) is 4.98 Å². The Balaban J connectivity index is 1.87. The van der Waals surface area contributed by atoms with Gasteiger partial charge in [-0.05, 0) is 37.1 Å². The van der Waals surface area contributed by atoms with Gasteiger partial charge in [0.2, 0.25) is 0 Å². The number of aromatic nitrogens is 1. The van der Waals surface area contributed by atoms with E-state index >= 15 is 0 Å². The van der Waals surface area contributed by atoms with Crippen LogP contribution in [0, 0.1) is 0 Å². The van der Waals surface area contributed by atoms with E-state index in [1.165, 1.54) is 0 Å². The minimum absolute atomic E-state index is 0.129. The summed E-state index contributed by atoms with van der Waals surface area (Å²) >= 11 is 0. The molecule has 4 rings (SSSR count). The Hall–Kier alpha value is -2.23. The molecule has 2 unspecified atom stereocenters. The van der Waals surface area contributed by atoms with Crippen molar-refractivity contribution in [2.75, 3.05) is 6.54 Å². The summed E-state index contributed by atoms with van der Waals surface area (Å²) in [5.41, 5.74) is 3.89. The Labute approximate surface area is 136 Å². The molecule has 1 aliphatic rings. The summed E-state index contributed by atoms with van der Waals surface area (Å²) in [6, 6.07) is 20.4. The number of fused-ring (bicyclic) bond motifs is 1. The van der Waals surface area contributed by atoms with Crippen LogP contribution in [0.2, 0.25) is 0 Å². The van der Waals surface area contributed by atoms with Crippen LogP contribution in [0.4, 0.5) is 0 Å². The fourth-order valence-corrected chi connectivity index (χ4v) is 3.40. The average molecular weight is 304 g/mol. The second-order valence-electron chi connectivity index (χ2n) is 6.13. The molecule has 0 radical (unpaired) electrons. The van der Waals surface area contributed by atoms with Crippen LogP contribution in [0.5, 0.6) is 0 Å². The predicted molar refractivity (Wildman–Crippen MR) is 93.2 cm³/mol. The normalized spacial score (nSPS) is 19.1. The number of benzene rings is 2. The van der Waals surface area contributed by atoms with E-state index in [-0.39, 0.29) is 6.04 Å². The number of para-hydroxylation sites is 1. The van der Waals surface area contributed by atoms with Gasteiger partial charge in [0, 0.05) is 17.0 Å². The highest BCUT2D eigenvalue weighted by atomic mass is 16.3. The molecule has 2 atom stereocenters. The third-order valence-corrected chi connectivity index (χ3v) is 4.62. The van der Waals surface area contributed by atoms with E-state index < -0.39 is 6.10 Å². The Bertz CT molecular complexity index is 810. The predicted octanol–water partition coefficient (Wildman–Crippen LogP) is 3.69. The van der Waals surface area contributed by atoms with E-state index in [4.69, 9.17) is 4.98 Å². The molecule has 0 aliphatic carbocycles. The Kier molecular flexibility index (Phi) is 3.82. The highest BCUT2D eigenvalue weighted by molar-refractivity contribution is 5.85. The van der Waals surface area contributed by atoms with Gasteiger partial charge in [-0.1, -0.05) is 48.5 Å². The van der Waals surface area contributed by atoms with E-state index in [9.17, 15) is 5.11 Å². The smallest absolute Gasteiger partial charge is 0.0950 e. The van der Waals surface area contributed by atoms with Crippen molar-refractivity contribution in [2.24, 2.45) is 0 Å². The lowest BCUT2D eigenvalue weighted by Crippen LogP contribution is -2.28. The van der Waals surface area contributed by atoms with E-state index in [1.54, 1.807) is 0 Å². The number of aliphatic hydroxyl groups is 1. The van der Waals surface area contributed by atoms with Gasteiger partial charge in [-0.15, -0.1) is 0 Å². The van der Waals surface area contributed by atoms with E-state index in [0.29, 0.717) is 0 Å². The van der Waals surface area contributed by atoms with E-state index in [0.717, 1.165) is 47.1 Å². The summed E-state index contributed by atoms with van der Waals surface area (Å²) in [6.45, 7) is 0.982. The molecule has 116 valence electrons. The Morgan fingerprint density at radius 3 is 2.61 bits per heavy atom. The van der Waals surface area contributed by atoms with Crippen LogP contribution in [0.15, 0.2) is 60.7 Å². The summed E-state index contributed by atoms with van der Waals surface area (Å²) in [6.07, 6.45) is 1.63. The van der Waals surface area contributed by atoms with Gasteiger partial charge in [0.15, 0.2) is 0 Å². The van der Waals surface area contributed by atoms with Crippen molar-refractivity contribution in [3.05, 3.63) is 66.2 Å². The molecule has 3 aromatic rings. The van der Waals surface area contributed by atoms with Crippen molar-refractivity contribution in [3.63, 3.8) is 0 Å². The molecule has 0 amide bonds. The molecule has 2 aromatic carbocycles. The molecular formula is C20H20N2O. The van der Waals surface area contributed by atoms with Gasteiger partial charge < -0.3 is 10.4 Å². The molecule has 3 heteroatoms. The minimum atomic E-state index is -0.507. The number of hydrogen-bond donors (Lipinski definition) is 2. The van der Waals surface area contributed by atoms with Gasteiger partial charge in [0.1, 0.15) is 0 Å². The quantitative estimate of drug-likeness (QED) is 0.776. The fraction of sp³-hybridized carbons (Fsp3) is 0.250. The zero-order valence-electron chi connectivity index (χ0n) is 12.9. The summed E-state index contributed by atoms with van der Waals surface area (Å²) in [7, 11) is 0. The topological polar surface area (TPSA) is 45.2 Å². The summed E-state index contributed by atoms with van der Waals surface area (Å²) in [5.74, 6) is 0. The number of pyridine rings is 1. The fourth-order valence-electron chi connectivity index (χ4n) is 3.40. The van der Waals surface area contributed by atoms with Crippen LogP contribution in [-0.2, 0) is 0 Å². The first-order chi connectivity index (χ1) is 11.3. The lowest BCUT2D eigenvalue weighted by atomic mass is 9.95. The third kappa shape index (κ3) is 2.74. The van der Waals surface area contributed by atoms with Crippen LogP contribution in [0.25, 0.3) is 22.2 Å². The van der Waals surface area contributed by atoms with Crippen LogP contribution in [0.3, 0.4) is 0 Å². The van der Waals surface area contributed by atoms with Crippen molar-refractivity contribution in [3.8, 4) is 11.3 Å². The molecule has 1 aliphatic heterocycles. The second kappa shape index (κ2) is 6.11. The van der Waals surface area contributed by atoms with Crippen molar-refractivity contribution in [1.82, 2.24) is 10.3 Å². The van der Waals surface area contributed by atoms with Gasteiger partial charge in [-0.2, -0.15) is 0 Å². The van der Waals surface area contributed by atoms with E-state index in [1.807, 2.05) is 48.5 Å². The maximum absolute atomic E-state index is 10.9. The zero-order valence-corrected chi connectivity index (χ0v) is 12.9. The lowest BCUT2D eigenvalue weighted by Gasteiger charge is -2.21. The number of hydrogen-bond acceptors (Lipinski definition) is 3. The monoisotopic (exact) mass is 304 g/mol. The molecule has 0 saturated carbocycles. The summed E-state index contributed by atoms with van der Waals surface area (Å²) < 4.78 is 0. The SMILES string of the molecule is OC(c1cc(-c2ccccc2)nc2ccccc12)C1CCCN1. The maximum Gasteiger partial charge on any atom is 0.0950 e. The first-order valence-corrected chi connectivity index (χ1v) is 8.19. The van der Waals surface area contributed by atoms with Crippen molar-refractivity contribution in [2.45, 2.75) is 25.0 Å². The molecule has 23 heavy (non-hydrogen) atoms. The van der Waals surface area contributed by atoms with Crippen molar-refractivity contribution < 1.29 is 5.11 Å². The molecule has 2 N–H and O–H groups in total. The first kappa shape index (κ1) is 14.4. The van der Waals surface area contributed by atoms with Crippen LogP contribution in [-0.4, -0.2) is 22.7 Å². The molecule has 1 saturated heterocycles. The average Bonchev–Trinajstić information content (AvgIpc) is 3.15. The van der Waals surface area contributed by atoms with Gasteiger partial charge in [-0.3, -0.25) is 0 Å². The highest BCUT2D eigenvalue weighted by Crippen LogP contribution is 2.32. The highest BCUT2D eigenvalue weighted by Gasteiger charge is 2.26. The Morgan fingerprint density at radius 1 is 1.04 bits per heavy atom. The second-order valence-corrected chi connectivity index (χ2v) is 6.13. The number of rotatable bonds is 3. The molecule has 1 fully saturated rings. The van der Waals surface area contributed by atoms with Crippen LogP contribution >= 0.6 is 0 Å². The maximum atomic E-state index is 10.9. The van der Waals surface area contributed by atoms with Crippen LogP contribution < -0.4 is 5.32 Å². The summed E-state index contributed by atoms with van der Waals surface area (Å²) in [5, 5.41) is 15.3. The minimum Gasteiger partial charge on any atom is -0.387 e. The van der Waals surface area contributed by atoms with Crippen LogP contribution in [0.1, 0.15) is 24.5 Å². The van der Waals surface area contributed by atoms with Gasteiger partial charge in [0.25, 0.3) is 0 Å². The summed E-state index contributed by atoms with van der Waals surface area (Å²) in [4.78, 5) is 4.78.